The zero-order valence-corrected chi connectivity index (χ0v) is 14.7. The minimum atomic E-state index is -0.211. The van der Waals surface area contributed by atoms with Gasteiger partial charge >= 0.3 is 0 Å². The SMILES string of the molecule is Cc1cnnc(N2CCC(C(O)CCc3ccccc3)CC2)c1C. The molecule has 1 aromatic heterocycles. The predicted molar refractivity (Wildman–Crippen MR) is 97.2 cm³/mol. The predicted octanol–water partition coefficient (Wildman–Crippen LogP) is 3.30. The van der Waals surface area contributed by atoms with E-state index in [4.69, 9.17) is 0 Å². The Labute approximate surface area is 144 Å². The Hall–Kier alpha value is -1.94. The number of rotatable bonds is 5. The van der Waals surface area contributed by atoms with E-state index in [1.807, 2.05) is 12.3 Å². The highest BCUT2D eigenvalue weighted by Crippen LogP contribution is 2.28. The average Bonchev–Trinajstić information content (AvgIpc) is 2.63. The number of piperidine rings is 1. The molecule has 2 aromatic rings. The van der Waals surface area contributed by atoms with Gasteiger partial charge in [0.05, 0.1) is 12.3 Å². The summed E-state index contributed by atoms with van der Waals surface area (Å²) in [6.07, 6.45) is 5.44. The fourth-order valence-electron chi connectivity index (χ4n) is 3.51. The summed E-state index contributed by atoms with van der Waals surface area (Å²) in [4.78, 5) is 2.32. The van der Waals surface area contributed by atoms with Crippen LogP contribution in [0, 0.1) is 19.8 Å². The molecule has 128 valence electrons. The molecule has 0 bridgehead atoms. The Kier molecular flexibility index (Phi) is 5.46. The van der Waals surface area contributed by atoms with E-state index in [1.165, 1.54) is 16.7 Å². The summed E-state index contributed by atoms with van der Waals surface area (Å²) in [5.74, 6) is 1.40. The summed E-state index contributed by atoms with van der Waals surface area (Å²) < 4.78 is 0. The van der Waals surface area contributed by atoms with Crippen molar-refractivity contribution in [1.82, 2.24) is 10.2 Å². The first-order valence-corrected chi connectivity index (χ1v) is 8.91. The summed E-state index contributed by atoms with van der Waals surface area (Å²) in [5.41, 5.74) is 3.71. The van der Waals surface area contributed by atoms with Crippen molar-refractivity contribution in [1.29, 1.82) is 0 Å². The number of aliphatic hydroxyl groups is 1. The van der Waals surface area contributed by atoms with E-state index in [9.17, 15) is 5.11 Å². The Morgan fingerprint density at radius 3 is 2.58 bits per heavy atom. The third-order valence-electron chi connectivity index (χ3n) is 5.29. The quantitative estimate of drug-likeness (QED) is 0.916. The molecule has 1 atom stereocenters. The topological polar surface area (TPSA) is 49.2 Å². The van der Waals surface area contributed by atoms with E-state index < -0.39 is 0 Å². The Morgan fingerprint density at radius 2 is 1.88 bits per heavy atom. The number of hydrogen-bond acceptors (Lipinski definition) is 4. The number of hydrogen-bond donors (Lipinski definition) is 1. The molecule has 1 unspecified atom stereocenters. The third kappa shape index (κ3) is 3.93. The molecular weight excluding hydrogens is 298 g/mol. The van der Waals surface area contributed by atoms with Gasteiger partial charge in [-0.3, -0.25) is 0 Å². The standard InChI is InChI=1S/C20H27N3O/c1-15-14-21-22-20(16(15)2)23-12-10-18(11-13-23)19(24)9-8-17-6-4-3-5-7-17/h3-7,14,18-19,24H,8-13H2,1-2H3. The van der Waals surface area contributed by atoms with Gasteiger partial charge in [-0.25, -0.2) is 0 Å². The number of anilines is 1. The van der Waals surface area contributed by atoms with Crippen LogP contribution in [0.3, 0.4) is 0 Å². The van der Waals surface area contributed by atoms with Crippen LogP contribution in [0.4, 0.5) is 5.82 Å². The summed E-state index contributed by atoms with van der Waals surface area (Å²) in [7, 11) is 0. The molecule has 3 rings (SSSR count). The largest absolute Gasteiger partial charge is 0.393 e. The second-order valence-electron chi connectivity index (χ2n) is 6.89. The lowest BCUT2D eigenvalue weighted by atomic mass is 9.88. The fourth-order valence-corrected chi connectivity index (χ4v) is 3.51. The number of aliphatic hydroxyl groups excluding tert-OH is 1. The molecule has 0 aliphatic carbocycles. The molecule has 0 saturated carbocycles. The summed E-state index contributed by atoms with van der Waals surface area (Å²) in [5, 5.41) is 19.0. The molecule has 1 N–H and O–H groups in total. The molecular formula is C20H27N3O. The maximum absolute atomic E-state index is 10.5. The van der Waals surface area contributed by atoms with Gasteiger partial charge in [-0.05, 0) is 62.1 Å². The molecule has 1 saturated heterocycles. The van der Waals surface area contributed by atoms with Gasteiger partial charge in [0, 0.05) is 13.1 Å². The van der Waals surface area contributed by atoms with Crippen molar-refractivity contribution in [3.63, 3.8) is 0 Å². The second kappa shape index (κ2) is 7.75. The van der Waals surface area contributed by atoms with Gasteiger partial charge in [-0.1, -0.05) is 30.3 Å². The molecule has 1 aromatic carbocycles. The highest BCUT2D eigenvalue weighted by Gasteiger charge is 2.26. The molecule has 1 fully saturated rings. The van der Waals surface area contributed by atoms with Crippen LogP contribution in [0.15, 0.2) is 36.5 Å². The lowest BCUT2D eigenvalue weighted by Crippen LogP contribution is -2.38. The van der Waals surface area contributed by atoms with Crippen LogP contribution in [0.1, 0.15) is 36.0 Å². The van der Waals surface area contributed by atoms with Gasteiger partial charge < -0.3 is 10.0 Å². The lowest BCUT2D eigenvalue weighted by molar-refractivity contribution is 0.0849. The van der Waals surface area contributed by atoms with Crippen molar-refractivity contribution in [2.75, 3.05) is 18.0 Å². The first kappa shape index (κ1) is 16.9. The highest BCUT2D eigenvalue weighted by molar-refractivity contribution is 5.48. The molecule has 2 heterocycles. The van der Waals surface area contributed by atoms with Crippen LogP contribution in [0.5, 0.6) is 0 Å². The van der Waals surface area contributed by atoms with Gasteiger partial charge in [-0.2, -0.15) is 5.10 Å². The summed E-state index contributed by atoms with van der Waals surface area (Å²) in [6.45, 7) is 6.09. The Morgan fingerprint density at radius 1 is 1.17 bits per heavy atom. The van der Waals surface area contributed by atoms with Crippen molar-refractivity contribution in [3.05, 3.63) is 53.2 Å². The third-order valence-corrected chi connectivity index (χ3v) is 5.29. The van der Waals surface area contributed by atoms with E-state index in [-0.39, 0.29) is 6.10 Å². The number of nitrogens with zero attached hydrogens (tertiary/aromatic N) is 3. The normalized spacial score (nSPS) is 17.0. The van der Waals surface area contributed by atoms with Gasteiger partial charge in [0.1, 0.15) is 0 Å². The molecule has 1 aliphatic heterocycles. The van der Waals surface area contributed by atoms with Crippen molar-refractivity contribution in [2.24, 2.45) is 5.92 Å². The van der Waals surface area contributed by atoms with E-state index in [0.717, 1.165) is 44.6 Å². The minimum Gasteiger partial charge on any atom is -0.393 e. The van der Waals surface area contributed by atoms with E-state index >= 15 is 0 Å². The van der Waals surface area contributed by atoms with Crippen LogP contribution in [0.2, 0.25) is 0 Å². The van der Waals surface area contributed by atoms with Crippen molar-refractivity contribution < 1.29 is 5.11 Å². The van der Waals surface area contributed by atoms with Gasteiger partial charge in [0.2, 0.25) is 0 Å². The summed E-state index contributed by atoms with van der Waals surface area (Å²) >= 11 is 0. The minimum absolute atomic E-state index is 0.211. The Balaban J connectivity index is 1.52. The molecule has 1 aliphatic rings. The van der Waals surface area contributed by atoms with Crippen LogP contribution >= 0.6 is 0 Å². The second-order valence-corrected chi connectivity index (χ2v) is 6.89. The maximum Gasteiger partial charge on any atom is 0.154 e. The molecule has 0 radical (unpaired) electrons. The van der Waals surface area contributed by atoms with Gasteiger partial charge in [0.15, 0.2) is 5.82 Å². The van der Waals surface area contributed by atoms with Crippen LogP contribution in [-0.2, 0) is 6.42 Å². The number of aromatic nitrogens is 2. The molecule has 0 amide bonds. The van der Waals surface area contributed by atoms with Crippen molar-refractivity contribution >= 4 is 5.82 Å². The number of aryl methyl sites for hydroxylation is 2. The van der Waals surface area contributed by atoms with Crippen LogP contribution in [-0.4, -0.2) is 34.5 Å². The smallest absolute Gasteiger partial charge is 0.154 e. The molecule has 24 heavy (non-hydrogen) atoms. The first-order valence-electron chi connectivity index (χ1n) is 8.91. The van der Waals surface area contributed by atoms with E-state index in [1.54, 1.807) is 0 Å². The first-order chi connectivity index (χ1) is 11.6. The van der Waals surface area contributed by atoms with E-state index in [0.29, 0.717) is 5.92 Å². The highest BCUT2D eigenvalue weighted by atomic mass is 16.3. The average molecular weight is 325 g/mol. The maximum atomic E-state index is 10.5. The van der Waals surface area contributed by atoms with Gasteiger partial charge in [0.25, 0.3) is 0 Å². The van der Waals surface area contributed by atoms with Gasteiger partial charge in [-0.15, -0.1) is 5.10 Å². The molecule has 0 spiro atoms. The summed E-state index contributed by atoms with van der Waals surface area (Å²) in [6, 6.07) is 10.4. The zero-order chi connectivity index (χ0) is 16.9. The zero-order valence-electron chi connectivity index (χ0n) is 14.7. The Bertz CT molecular complexity index is 651. The molecule has 4 nitrogen and oxygen atoms in total. The number of benzene rings is 1. The van der Waals surface area contributed by atoms with Crippen molar-refractivity contribution in [2.45, 2.75) is 45.6 Å². The van der Waals surface area contributed by atoms with Crippen molar-refractivity contribution in [3.8, 4) is 0 Å². The monoisotopic (exact) mass is 325 g/mol. The van der Waals surface area contributed by atoms with Crippen LogP contribution < -0.4 is 4.90 Å². The fraction of sp³-hybridized carbons (Fsp3) is 0.500. The lowest BCUT2D eigenvalue weighted by Gasteiger charge is -2.35. The molecule has 4 heteroatoms. The van der Waals surface area contributed by atoms with E-state index in [2.05, 4.69) is 53.2 Å². The van der Waals surface area contributed by atoms with Crippen LogP contribution in [0.25, 0.3) is 0 Å².